The van der Waals surface area contributed by atoms with E-state index in [2.05, 4.69) is 10.6 Å². The summed E-state index contributed by atoms with van der Waals surface area (Å²) >= 11 is 0. The predicted octanol–water partition coefficient (Wildman–Crippen LogP) is 2.20. The summed E-state index contributed by atoms with van der Waals surface area (Å²) in [6, 6.07) is 9.53. The van der Waals surface area contributed by atoms with Gasteiger partial charge in [0, 0.05) is 19.6 Å². The lowest BCUT2D eigenvalue weighted by Crippen LogP contribution is -2.46. The van der Waals surface area contributed by atoms with E-state index in [9.17, 15) is 9.59 Å². The maximum absolute atomic E-state index is 12.5. The van der Waals surface area contributed by atoms with Crippen LogP contribution >= 0.6 is 0 Å². The molecule has 1 aromatic carbocycles. The van der Waals surface area contributed by atoms with Gasteiger partial charge in [-0.25, -0.2) is 0 Å². The fourth-order valence-electron chi connectivity index (χ4n) is 4.06. The zero-order valence-corrected chi connectivity index (χ0v) is 16.7. The highest BCUT2D eigenvalue weighted by Gasteiger charge is 2.28. The molecule has 2 heterocycles. The maximum atomic E-state index is 12.5. The molecular weight excluding hydrogens is 354 g/mol. The average Bonchev–Trinajstić information content (AvgIpc) is 2.75. The third-order valence-corrected chi connectivity index (χ3v) is 5.72. The lowest BCUT2D eigenvalue weighted by Gasteiger charge is -2.32. The van der Waals surface area contributed by atoms with Crippen molar-refractivity contribution in [3.05, 3.63) is 30.3 Å². The Kier molecular flexibility index (Phi) is 8.15. The molecule has 6 nitrogen and oxygen atoms in total. The Morgan fingerprint density at radius 3 is 2.82 bits per heavy atom. The van der Waals surface area contributed by atoms with E-state index in [1.54, 1.807) is 0 Å². The number of hydrogen-bond acceptors (Lipinski definition) is 4. The van der Waals surface area contributed by atoms with Crippen molar-refractivity contribution in [2.45, 2.75) is 38.5 Å². The lowest BCUT2D eigenvalue weighted by atomic mass is 9.95. The molecule has 2 unspecified atom stereocenters. The molecule has 2 aliphatic rings. The molecule has 6 heteroatoms. The van der Waals surface area contributed by atoms with Crippen molar-refractivity contribution in [1.82, 2.24) is 15.5 Å². The van der Waals surface area contributed by atoms with E-state index in [1.165, 1.54) is 12.8 Å². The topological polar surface area (TPSA) is 70.7 Å². The van der Waals surface area contributed by atoms with Crippen molar-refractivity contribution in [2.75, 3.05) is 39.3 Å². The first-order valence-corrected chi connectivity index (χ1v) is 10.7. The number of carbonyl (C=O) groups excluding carboxylic acids is 2. The van der Waals surface area contributed by atoms with Gasteiger partial charge in [0.15, 0.2) is 0 Å². The third kappa shape index (κ3) is 6.51. The van der Waals surface area contributed by atoms with E-state index in [0.717, 1.165) is 51.2 Å². The summed E-state index contributed by atoms with van der Waals surface area (Å²) in [7, 11) is 0. The number of benzene rings is 1. The molecule has 2 N–H and O–H groups in total. The van der Waals surface area contributed by atoms with Gasteiger partial charge in [-0.1, -0.05) is 18.2 Å². The maximum Gasteiger partial charge on any atom is 0.226 e. The molecule has 0 spiro atoms. The SMILES string of the molecule is O=C(NCCC1CCCNC1)C1CCCN(C(=O)CCOc2ccccc2)C1. The molecule has 2 amide bonds. The average molecular weight is 388 g/mol. The van der Waals surface area contributed by atoms with Crippen LogP contribution < -0.4 is 15.4 Å². The smallest absolute Gasteiger partial charge is 0.226 e. The van der Waals surface area contributed by atoms with E-state index >= 15 is 0 Å². The summed E-state index contributed by atoms with van der Waals surface area (Å²) in [6.07, 6.45) is 5.60. The van der Waals surface area contributed by atoms with Crippen LogP contribution in [0.5, 0.6) is 5.75 Å². The Morgan fingerprint density at radius 1 is 1.18 bits per heavy atom. The largest absolute Gasteiger partial charge is 0.493 e. The van der Waals surface area contributed by atoms with Gasteiger partial charge in [0.25, 0.3) is 0 Å². The second-order valence-corrected chi connectivity index (χ2v) is 7.88. The number of piperidine rings is 2. The molecule has 1 aromatic rings. The van der Waals surface area contributed by atoms with Gasteiger partial charge in [-0.15, -0.1) is 0 Å². The number of nitrogens with one attached hydrogen (secondary N) is 2. The van der Waals surface area contributed by atoms with Crippen molar-refractivity contribution in [3.63, 3.8) is 0 Å². The number of ether oxygens (including phenoxy) is 1. The Hall–Kier alpha value is -2.08. The third-order valence-electron chi connectivity index (χ3n) is 5.72. The summed E-state index contributed by atoms with van der Waals surface area (Å²) in [5.74, 6) is 1.53. The van der Waals surface area contributed by atoms with Gasteiger partial charge in [0.2, 0.25) is 11.8 Å². The van der Waals surface area contributed by atoms with Gasteiger partial charge in [-0.05, 0) is 63.2 Å². The highest BCUT2D eigenvalue weighted by Crippen LogP contribution is 2.18. The zero-order chi connectivity index (χ0) is 19.6. The number of nitrogens with zero attached hydrogens (tertiary/aromatic N) is 1. The van der Waals surface area contributed by atoms with Crippen LogP contribution in [0.1, 0.15) is 38.5 Å². The van der Waals surface area contributed by atoms with Crippen LogP contribution in [0.4, 0.5) is 0 Å². The highest BCUT2D eigenvalue weighted by molar-refractivity contribution is 5.81. The molecule has 0 aromatic heterocycles. The van der Waals surface area contributed by atoms with Crippen LogP contribution in [0.15, 0.2) is 30.3 Å². The minimum Gasteiger partial charge on any atom is -0.493 e. The van der Waals surface area contributed by atoms with Crippen LogP contribution in [-0.4, -0.2) is 56.0 Å². The quantitative estimate of drug-likeness (QED) is 0.717. The number of likely N-dealkylation sites (tertiary alicyclic amines) is 1. The number of amides is 2. The molecular formula is C22H33N3O3. The van der Waals surface area contributed by atoms with Crippen molar-refractivity contribution in [3.8, 4) is 5.75 Å². The minimum atomic E-state index is -0.0859. The number of carbonyl (C=O) groups is 2. The first kappa shape index (κ1) is 20.6. The molecule has 2 aliphatic heterocycles. The molecule has 0 bridgehead atoms. The van der Waals surface area contributed by atoms with Crippen LogP contribution in [0.25, 0.3) is 0 Å². The fourth-order valence-corrected chi connectivity index (χ4v) is 4.06. The Morgan fingerprint density at radius 2 is 2.04 bits per heavy atom. The molecule has 0 saturated carbocycles. The normalized spacial score (nSPS) is 22.5. The summed E-state index contributed by atoms with van der Waals surface area (Å²) in [5.41, 5.74) is 0. The van der Waals surface area contributed by atoms with Crippen molar-refractivity contribution < 1.29 is 14.3 Å². The van der Waals surface area contributed by atoms with E-state index in [-0.39, 0.29) is 17.7 Å². The molecule has 28 heavy (non-hydrogen) atoms. The summed E-state index contributed by atoms with van der Waals surface area (Å²) in [6.45, 7) is 4.55. The van der Waals surface area contributed by atoms with E-state index in [1.807, 2.05) is 35.2 Å². The number of hydrogen-bond donors (Lipinski definition) is 2. The summed E-state index contributed by atoms with van der Waals surface area (Å²) in [5, 5.41) is 6.51. The molecule has 2 fully saturated rings. The van der Waals surface area contributed by atoms with Gasteiger partial charge in [0.1, 0.15) is 5.75 Å². The molecule has 2 atom stereocenters. The first-order valence-electron chi connectivity index (χ1n) is 10.7. The van der Waals surface area contributed by atoms with Crippen LogP contribution in [-0.2, 0) is 9.59 Å². The van der Waals surface area contributed by atoms with Gasteiger partial charge >= 0.3 is 0 Å². The second kappa shape index (κ2) is 11.1. The Labute approximate surface area is 168 Å². The van der Waals surface area contributed by atoms with E-state index in [4.69, 9.17) is 4.74 Å². The lowest BCUT2D eigenvalue weighted by molar-refractivity contribution is -0.136. The van der Waals surface area contributed by atoms with Crippen LogP contribution in [0, 0.1) is 11.8 Å². The van der Waals surface area contributed by atoms with E-state index in [0.29, 0.717) is 25.5 Å². The van der Waals surface area contributed by atoms with Gasteiger partial charge in [0.05, 0.1) is 18.9 Å². The predicted molar refractivity (Wildman–Crippen MR) is 109 cm³/mol. The molecule has 0 aliphatic carbocycles. The summed E-state index contributed by atoms with van der Waals surface area (Å²) in [4.78, 5) is 26.8. The second-order valence-electron chi connectivity index (χ2n) is 7.88. The molecule has 3 rings (SSSR count). The van der Waals surface area contributed by atoms with Crippen molar-refractivity contribution >= 4 is 11.8 Å². The Bertz CT molecular complexity index is 617. The van der Waals surface area contributed by atoms with Gasteiger partial charge < -0.3 is 20.3 Å². The summed E-state index contributed by atoms with van der Waals surface area (Å²) < 4.78 is 5.62. The first-order chi connectivity index (χ1) is 13.7. The number of para-hydroxylation sites is 1. The fraction of sp³-hybridized carbons (Fsp3) is 0.636. The molecule has 154 valence electrons. The number of rotatable bonds is 8. The monoisotopic (exact) mass is 387 g/mol. The van der Waals surface area contributed by atoms with Crippen molar-refractivity contribution in [2.24, 2.45) is 11.8 Å². The zero-order valence-electron chi connectivity index (χ0n) is 16.7. The van der Waals surface area contributed by atoms with Gasteiger partial charge in [-0.3, -0.25) is 9.59 Å². The Balaban J connectivity index is 1.35. The van der Waals surface area contributed by atoms with Crippen LogP contribution in [0.3, 0.4) is 0 Å². The molecule has 0 radical (unpaired) electrons. The standard InChI is InChI=1S/C22H33N3O3/c26-21(11-15-28-20-8-2-1-3-9-20)25-14-5-7-19(17-25)22(27)24-13-10-18-6-4-12-23-16-18/h1-3,8-9,18-19,23H,4-7,10-17H2,(H,24,27). The van der Waals surface area contributed by atoms with E-state index < -0.39 is 0 Å². The van der Waals surface area contributed by atoms with Crippen molar-refractivity contribution in [1.29, 1.82) is 0 Å². The molecule has 2 saturated heterocycles. The van der Waals surface area contributed by atoms with Gasteiger partial charge in [-0.2, -0.15) is 0 Å². The highest BCUT2D eigenvalue weighted by atomic mass is 16.5. The van der Waals surface area contributed by atoms with Crippen LogP contribution in [0.2, 0.25) is 0 Å². The minimum absolute atomic E-state index is 0.0710.